The highest BCUT2D eigenvalue weighted by Gasteiger charge is 2.33. The summed E-state index contributed by atoms with van der Waals surface area (Å²) in [6.45, 7) is 6.12. The number of pyridine rings is 1. The lowest BCUT2D eigenvalue weighted by Crippen LogP contribution is -2.55. The minimum absolute atomic E-state index is 0.0509. The molecule has 7 nitrogen and oxygen atoms in total. The quantitative estimate of drug-likeness (QED) is 0.616. The molecular formula is C26H26N4O3. The maximum absolute atomic E-state index is 13.4. The number of anilines is 2. The maximum atomic E-state index is 13.4. The topological polar surface area (TPSA) is 66.0 Å². The Morgan fingerprint density at radius 2 is 1.94 bits per heavy atom. The molecule has 2 amide bonds. The summed E-state index contributed by atoms with van der Waals surface area (Å²) in [5, 5.41) is 0. The van der Waals surface area contributed by atoms with Gasteiger partial charge in [-0.15, -0.1) is 0 Å². The zero-order valence-corrected chi connectivity index (χ0v) is 18.8. The Morgan fingerprint density at radius 3 is 2.76 bits per heavy atom. The SMILES string of the molecule is Cc1cccc(N2CCN(C(=O)CN3C(=O)c4cccnc4Oc4ccccc43)C[C@@H]2C)c1. The minimum Gasteiger partial charge on any atom is -0.436 e. The summed E-state index contributed by atoms with van der Waals surface area (Å²) in [5.74, 6) is 0.392. The highest BCUT2D eigenvalue weighted by molar-refractivity contribution is 6.11. The Hall–Kier alpha value is -3.87. The summed E-state index contributed by atoms with van der Waals surface area (Å²) in [4.78, 5) is 36.6. The summed E-state index contributed by atoms with van der Waals surface area (Å²) in [6.07, 6.45) is 1.59. The molecule has 1 aromatic heterocycles. The summed E-state index contributed by atoms with van der Waals surface area (Å²) in [7, 11) is 0. The van der Waals surface area contributed by atoms with Crippen LogP contribution in [0.1, 0.15) is 22.8 Å². The average molecular weight is 443 g/mol. The van der Waals surface area contributed by atoms with E-state index in [4.69, 9.17) is 4.74 Å². The normalized spacial score (nSPS) is 17.7. The van der Waals surface area contributed by atoms with E-state index in [1.807, 2.05) is 17.0 Å². The lowest BCUT2D eigenvalue weighted by Gasteiger charge is -2.42. The van der Waals surface area contributed by atoms with Crippen LogP contribution in [0.4, 0.5) is 11.4 Å². The van der Waals surface area contributed by atoms with Crippen molar-refractivity contribution in [2.45, 2.75) is 19.9 Å². The second kappa shape index (κ2) is 8.58. The fourth-order valence-corrected chi connectivity index (χ4v) is 4.53. The van der Waals surface area contributed by atoms with E-state index in [0.717, 1.165) is 6.54 Å². The molecule has 5 rings (SSSR count). The number of aromatic nitrogens is 1. The van der Waals surface area contributed by atoms with Gasteiger partial charge in [-0.2, -0.15) is 0 Å². The maximum Gasteiger partial charge on any atom is 0.264 e. The molecular weight excluding hydrogens is 416 g/mol. The zero-order chi connectivity index (χ0) is 22.9. The number of carbonyl (C=O) groups is 2. The second-order valence-electron chi connectivity index (χ2n) is 8.54. The first-order chi connectivity index (χ1) is 16.0. The van der Waals surface area contributed by atoms with Gasteiger partial charge in [-0.25, -0.2) is 4.98 Å². The van der Waals surface area contributed by atoms with Crippen molar-refractivity contribution in [1.82, 2.24) is 9.88 Å². The molecule has 168 valence electrons. The van der Waals surface area contributed by atoms with Gasteiger partial charge in [0, 0.05) is 37.6 Å². The highest BCUT2D eigenvalue weighted by atomic mass is 16.5. The molecule has 0 N–H and O–H groups in total. The number of hydrogen-bond donors (Lipinski definition) is 0. The Morgan fingerprint density at radius 1 is 1.09 bits per heavy atom. The van der Waals surface area contributed by atoms with E-state index < -0.39 is 0 Å². The van der Waals surface area contributed by atoms with Gasteiger partial charge in [0.25, 0.3) is 5.91 Å². The third kappa shape index (κ3) is 4.02. The molecule has 0 bridgehead atoms. The molecule has 7 heteroatoms. The average Bonchev–Trinajstić information content (AvgIpc) is 2.93. The van der Waals surface area contributed by atoms with E-state index in [0.29, 0.717) is 30.1 Å². The summed E-state index contributed by atoms with van der Waals surface area (Å²) < 4.78 is 5.91. The third-order valence-electron chi connectivity index (χ3n) is 6.22. The molecule has 0 aliphatic carbocycles. The van der Waals surface area contributed by atoms with Crippen LogP contribution in [0.3, 0.4) is 0 Å². The standard InChI is InChI=1S/C26H26N4O3/c1-18-7-5-8-20(15-18)29-14-13-28(16-19(29)2)24(31)17-30-22-10-3-4-11-23(22)33-25-21(26(30)32)9-6-12-27-25/h3-12,15,19H,13-14,16-17H2,1-2H3/t19-/m0/s1. The molecule has 2 aliphatic rings. The molecule has 1 fully saturated rings. The first-order valence-electron chi connectivity index (χ1n) is 11.2. The molecule has 1 atom stereocenters. The van der Waals surface area contributed by atoms with Crippen molar-refractivity contribution in [3.8, 4) is 11.6 Å². The number of nitrogens with zero attached hydrogens (tertiary/aromatic N) is 4. The monoisotopic (exact) mass is 442 g/mol. The van der Waals surface area contributed by atoms with Crippen molar-refractivity contribution < 1.29 is 14.3 Å². The first kappa shape index (κ1) is 21.0. The fourth-order valence-electron chi connectivity index (χ4n) is 4.53. The van der Waals surface area contributed by atoms with E-state index in [1.165, 1.54) is 16.2 Å². The molecule has 3 aromatic rings. The number of para-hydroxylation sites is 2. The van der Waals surface area contributed by atoms with Gasteiger partial charge in [-0.1, -0.05) is 24.3 Å². The largest absolute Gasteiger partial charge is 0.436 e. The van der Waals surface area contributed by atoms with Crippen LogP contribution in [0.5, 0.6) is 11.6 Å². The van der Waals surface area contributed by atoms with E-state index in [1.54, 1.807) is 30.5 Å². The van der Waals surface area contributed by atoms with Crippen molar-refractivity contribution >= 4 is 23.2 Å². The smallest absolute Gasteiger partial charge is 0.264 e. The van der Waals surface area contributed by atoms with Gasteiger partial charge < -0.3 is 14.5 Å². The predicted octanol–water partition coefficient (Wildman–Crippen LogP) is 3.88. The number of amides is 2. The molecule has 0 unspecified atom stereocenters. The van der Waals surface area contributed by atoms with E-state index in [-0.39, 0.29) is 30.3 Å². The van der Waals surface area contributed by atoms with Crippen LogP contribution in [0.15, 0.2) is 66.9 Å². The first-order valence-corrected chi connectivity index (χ1v) is 11.2. The van der Waals surface area contributed by atoms with E-state index in [9.17, 15) is 9.59 Å². The Kier molecular flexibility index (Phi) is 5.46. The number of aryl methyl sites for hydroxylation is 1. The summed E-state index contributed by atoms with van der Waals surface area (Å²) >= 11 is 0. The Bertz CT molecular complexity index is 1210. The number of carbonyl (C=O) groups excluding carboxylic acids is 2. The molecule has 1 saturated heterocycles. The number of rotatable bonds is 3. The minimum atomic E-state index is -0.289. The van der Waals surface area contributed by atoms with Gasteiger partial charge in [0.15, 0.2) is 5.75 Å². The molecule has 33 heavy (non-hydrogen) atoms. The molecule has 0 saturated carbocycles. The summed E-state index contributed by atoms with van der Waals surface area (Å²) in [6, 6.07) is 19.2. The van der Waals surface area contributed by atoms with Crippen LogP contribution in [-0.4, -0.2) is 53.9 Å². The zero-order valence-electron chi connectivity index (χ0n) is 18.8. The van der Waals surface area contributed by atoms with Gasteiger partial charge in [0.1, 0.15) is 12.1 Å². The van der Waals surface area contributed by atoms with Gasteiger partial charge in [0.2, 0.25) is 11.8 Å². The van der Waals surface area contributed by atoms with Gasteiger partial charge in [0.05, 0.1) is 5.69 Å². The van der Waals surface area contributed by atoms with Crippen molar-refractivity contribution in [3.63, 3.8) is 0 Å². The number of ether oxygens (including phenoxy) is 1. The van der Waals surface area contributed by atoms with E-state index >= 15 is 0 Å². The van der Waals surface area contributed by atoms with Crippen LogP contribution in [-0.2, 0) is 4.79 Å². The third-order valence-corrected chi connectivity index (χ3v) is 6.22. The molecule has 0 spiro atoms. The number of fused-ring (bicyclic) bond motifs is 2. The van der Waals surface area contributed by atoms with Gasteiger partial charge in [-0.3, -0.25) is 14.5 Å². The lowest BCUT2D eigenvalue weighted by molar-refractivity contribution is -0.130. The van der Waals surface area contributed by atoms with Crippen LogP contribution >= 0.6 is 0 Å². The second-order valence-corrected chi connectivity index (χ2v) is 8.54. The number of benzene rings is 2. The van der Waals surface area contributed by atoms with Gasteiger partial charge in [-0.05, 0) is 55.8 Å². The molecule has 0 radical (unpaired) electrons. The van der Waals surface area contributed by atoms with E-state index in [2.05, 4.69) is 48.0 Å². The fraction of sp³-hybridized carbons (Fsp3) is 0.269. The van der Waals surface area contributed by atoms with Crippen molar-refractivity contribution in [2.24, 2.45) is 0 Å². The summed E-state index contributed by atoms with van der Waals surface area (Å²) in [5.41, 5.74) is 3.31. The molecule has 2 aliphatic heterocycles. The number of hydrogen-bond acceptors (Lipinski definition) is 5. The Balaban J connectivity index is 1.36. The number of piperazine rings is 1. The molecule has 2 aromatic carbocycles. The van der Waals surface area contributed by atoms with Crippen LogP contribution < -0.4 is 14.5 Å². The van der Waals surface area contributed by atoms with Crippen LogP contribution in [0.25, 0.3) is 0 Å². The van der Waals surface area contributed by atoms with Crippen LogP contribution in [0, 0.1) is 6.92 Å². The van der Waals surface area contributed by atoms with Crippen molar-refractivity contribution in [2.75, 3.05) is 36.0 Å². The van der Waals surface area contributed by atoms with Crippen molar-refractivity contribution in [1.29, 1.82) is 0 Å². The molecule has 3 heterocycles. The Labute approximate surface area is 193 Å². The lowest BCUT2D eigenvalue weighted by atomic mass is 10.1. The van der Waals surface area contributed by atoms with Crippen molar-refractivity contribution in [3.05, 3.63) is 78.0 Å². The van der Waals surface area contributed by atoms with Crippen LogP contribution in [0.2, 0.25) is 0 Å². The highest BCUT2D eigenvalue weighted by Crippen LogP contribution is 2.37. The van der Waals surface area contributed by atoms with Gasteiger partial charge >= 0.3 is 0 Å². The predicted molar refractivity (Wildman–Crippen MR) is 127 cm³/mol.